The molecule has 0 spiro atoms. The summed E-state index contributed by atoms with van der Waals surface area (Å²) in [5.74, 6) is -0.676. The summed E-state index contributed by atoms with van der Waals surface area (Å²) in [5, 5.41) is 0. The van der Waals surface area contributed by atoms with E-state index in [0.717, 1.165) is 24.9 Å². The molecule has 1 aliphatic heterocycles. The highest BCUT2D eigenvalue weighted by Gasteiger charge is 2.46. The molecule has 0 aromatic heterocycles. The van der Waals surface area contributed by atoms with Gasteiger partial charge in [-0.15, -0.1) is 0 Å². The standard InChI is InChI=1S/C8H14O4Si/c1-7(9)11-13(12-8(2)10)5-3-4-6-13/h3-6H2,1-2H3. The Morgan fingerprint density at radius 3 is 1.69 bits per heavy atom. The fourth-order valence-electron chi connectivity index (χ4n) is 1.66. The summed E-state index contributed by atoms with van der Waals surface area (Å²) < 4.78 is 10.3. The van der Waals surface area contributed by atoms with Gasteiger partial charge in [-0.3, -0.25) is 9.59 Å². The molecule has 0 atom stereocenters. The average Bonchev–Trinajstić information content (AvgIpc) is 2.33. The van der Waals surface area contributed by atoms with Gasteiger partial charge in [0.1, 0.15) is 0 Å². The van der Waals surface area contributed by atoms with E-state index in [1.54, 1.807) is 0 Å². The summed E-state index contributed by atoms with van der Waals surface area (Å²) >= 11 is 0. The minimum Gasteiger partial charge on any atom is -0.485 e. The normalized spacial score (nSPS) is 19.5. The summed E-state index contributed by atoms with van der Waals surface area (Å²) in [6.45, 7) is 2.72. The lowest BCUT2D eigenvalue weighted by atomic mass is 10.4. The van der Waals surface area contributed by atoms with Crippen molar-refractivity contribution in [3.8, 4) is 0 Å². The van der Waals surface area contributed by atoms with Crippen molar-refractivity contribution < 1.29 is 18.4 Å². The van der Waals surface area contributed by atoms with Crippen molar-refractivity contribution >= 4 is 20.5 Å². The second-order valence-corrected chi connectivity index (χ2v) is 6.53. The Hall–Kier alpha value is -0.843. The van der Waals surface area contributed by atoms with Crippen molar-refractivity contribution in [2.75, 3.05) is 0 Å². The van der Waals surface area contributed by atoms with Gasteiger partial charge in [0, 0.05) is 25.9 Å². The fourth-order valence-corrected chi connectivity index (χ4v) is 4.99. The molecule has 0 aromatic carbocycles. The molecule has 13 heavy (non-hydrogen) atoms. The largest absolute Gasteiger partial charge is 0.485 e. The van der Waals surface area contributed by atoms with Crippen LogP contribution in [0.5, 0.6) is 0 Å². The van der Waals surface area contributed by atoms with Gasteiger partial charge in [0.05, 0.1) is 0 Å². The quantitative estimate of drug-likeness (QED) is 0.634. The molecule has 4 nitrogen and oxygen atoms in total. The fraction of sp³-hybridized carbons (Fsp3) is 0.750. The van der Waals surface area contributed by atoms with Crippen LogP contribution in [0.15, 0.2) is 0 Å². The van der Waals surface area contributed by atoms with Crippen LogP contribution in [0.25, 0.3) is 0 Å². The molecule has 0 radical (unpaired) electrons. The Balaban J connectivity index is 2.62. The first-order valence-corrected chi connectivity index (χ1v) is 6.66. The minimum absolute atomic E-state index is 0.338. The highest BCUT2D eigenvalue weighted by atomic mass is 28.4. The van der Waals surface area contributed by atoms with Crippen molar-refractivity contribution in [1.29, 1.82) is 0 Å². The van der Waals surface area contributed by atoms with Crippen LogP contribution in [-0.2, 0) is 18.4 Å². The molecule has 0 aliphatic carbocycles. The van der Waals surface area contributed by atoms with Gasteiger partial charge in [0.15, 0.2) is 0 Å². The molecule has 1 aliphatic rings. The number of hydrogen-bond donors (Lipinski definition) is 0. The van der Waals surface area contributed by atoms with Crippen molar-refractivity contribution in [2.24, 2.45) is 0 Å². The maximum Gasteiger partial charge on any atom is 0.464 e. The summed E-state index contributed by atoms with van der Waals surface area (Å²) in [6, 6.07) is 1.51. The molecule has 1 rings (SSSR count). The molecule has 0 bridgehead atoms. The van der Waals surface area contributed by atoms with Crippen molar-refractivity contribution in [3.05, 3.63) is 0 Å². The molecule has 74 valence electrons. The highest BCUT2D eigenvalue weighted by Crippen LogP contribution is 2.32. The molecule has 1 heterocycles. The summed E-state index contributed by atoms with van der Waals surface area (Å²) in [7, 11) is -2.46. The topological polar surface area (TPSA) is 52.6 Å². The van der Waals surface area contributed by atoms with E-state index in [2.05, 4.69) is 0 Å². The van der Waals surface area contributed by atoms with Crippen LogP contribution in [0.1, 0.15) is 26.7 Å². The van der Waals surface area contributed by atoms with E-state index in [1.807, 2.05) is 0 Å². The van der Waals surface area contributed by atoms with Gasteiger partial charge in [0.2, 0.25) is 0 Å². The van der Waals surface area contributed by atoms with E-state index >= 15 is 0 Å². The number of rotatable bonds is 2. The Labute approximate surface area is 78.5 Å². The van der Waals surface area contributed by atoms with E-state index in [1.165, 1.54) is 13.8 Å². The van der Waals surface area contributed by atoms with Gasteiger partial charge in [0.25, 0.3) is 11.9 Å². The van der Waals surface area contributed by atoms with Crippen LogP contribution in [0.4, 0.5) is 0 Å². The molecule has 0 N–H and O–H groups in total. The van der Waals surface area contributed by atoms with E-state index in [0.29, 0.717) is 0 Å². The van der Waals surface area contributed by atoms with Crippen LogP contribution in [0.3, 0.4) is 0 Å². The van der Waals surface area contributed by atoms with Crippen molar-refractivity contribution in [1.82, 2.24) is 0 Å². The molecular formula is C8H14O4Si. The lowest BCUT2D eigenvalue weighted by molar-refractivity contribution is -0.138. The third-order valence-corrected chi connectivity index (χ3v) is 5.57. The van der Waals surface area contributed by atoms with Crippen LogP contribution in [-0.4, -0.2) is 20.5 Å². The number of hydrogen-bond acceptors (Lipinski definition) is 4. The Morgan fingerprint density at radius 1 is 1.00 bits per heavy atom. The first-order chi connectivity index (χ1) is 6.04. The molecule has 0 amide bonds. The molecule has 5 heteroatoms. The first kappa shape index (κ1) is 10.2. The van der Waals surface area contributed by atoms with E-state index in [4.69, 9.17) is 8.85 Å². The van der Waals surface area contributed by atoms with E-state index < -0.39 is 8.56 Å². The third kappa shape index (κ3) is 2.84. The second-order valence-electron chi connectivity index (χ2n) is 3.31. The third-order valence-electron chi connectivity index (χ3n) is 2.02. The SMILES string of the molecule is CC(=O)O[Si]1(OC(C)=O)CCCC1. The molecule has 1 saturated heterocycles. The molecule has 0 saturated carbocycles. The predicted molar refractivity (Wildman–Crippen MR) is 48.1 cm³/mol. The monoisotopic (exact) mass is 202 g/mol. The average molecular weight is 202 g/mol. The van der Waals surface area contributed by atoms with Gasteiger partial charge in [-0.1, -0.05) is 0 Å². The van der Waals surface area contributed by atoms with E-state index in [9.17, 15) is 9.59 Å². The second kappa shape index (κ2) is 3.91. The van der Waals surface area contributed by atoms with E-state index in [-0.39, 0.29) is 11.9 Å². The van der Waals surface area contributed by atoms with Gasteiger partial charge in [-0.2, -0.15) is 0 Å². The lowest BCUT2D eigenvalue weighted by Crippen LogP contribution is -2.41. The lowest BCUT2D eigenvalue weighted by Gasteiger charge is -2.23. The van der Waals surface area contributed by atoms with Crippen molar-refractivity contribution in [2.45, 2.75) is 38.8 Å². The molecule has 1 fully saturated rings. The Morgan fingerprint density at radius 2 is 1.38 bits per heavy atom. The maximum absolute atomic E-state index is 10.8. The highest BCUT2D eigenvalue weighted by molar-refractivity contribution is 6.71. The minimum atomic E-state index is -2.46. The van der Waals surface area contributed by atoms with Gasteiger partial charge < -0.3 is 8.85 Å². The summed E-state index contributed by atoms with van der Waals surface area (Å²) in [5.41, 5.74) is 0. The van der Waals surface area contributed by atoms with Crippen LogP contribution in [0, 0.1) is 0 Å². The summed E-state index contributed by atoms with van der Waals surface area (Å²) in [6.07, 6.45) is 1.99. The number of carbonyl (C=O) groups excluding carboxylic acids is 2. The Kier molecular flexibility index (Phi) is 3.08. The number of carbonyl (C=O) groups is 2. The summed E-state index contributed by atoms with van der Waals surface area (Å²) in [4.78, 5) is 21.6. The molecule has 0 aromatic rings. The zero-order valence-electron chi connectivity index (χ0n) is 7.96. The predicted octanol–water partition coefficient (Wildman–Crippen LogP) is 1.35. The van der Waals surface area contributed by atoms with Crippen molar-refractivity contribution in [3.63, 3.8) is 0 Å². The molecular weight excluding hydrogens is 188 g/mol. The van der Waals surface area contributed by atoms with Crippen LogP contribution >= 0.6 is 0 Å². The van der Waals surface area contributed by atoms with Gasteiger partial charge >= 0.3 is 8.56 Å². The molecule has 0 unspecified atom stereocenters. The van der Waals surface area contributed by atoms with Gasteiger partial charge in [-0.25, -0.2) is 0 Å². The Bertz CT molecular complexity index is 202. The zero-order chi connectivity index (χ0) is 9.90. The smallest absolute Gasteiger partial charge is 0.464 e. The van der Waals surface area contributed by atoms with Gasteiger partial charge in [-0.05, 0) is 12.8 Å². The van der Waals surface area contributed by atoms with Crippen LogP contribution in [0.2, 0.25) is 12.1 Å². The first-order valence-electron chi connectivity index (χ1n) is 4.43. The maximum atomic E-state index is 10.8. The van der Waals surface area contributed by atoms with Crippen LogP contribution < -0.4 is 0 Å². The zero-order valence-corrected chi connectivity index (χ0v) is 8.96.